The summed E-state index contributed by atoms with van der Waals surface area (Å²) in [5.74, 6) is 0.902. The van der Waals surface area contributed by atoms with Gasteiger partial charge in [-0.05, 0) is 41.1 Å². The van der Waals surface area contributed by atoms with Gasteiger partial charge in [-0.1, -0.05) is 13.8 Å². The lowest BCUT2D eigenvalue weighted by Gasteiger charge is -2.08. The molecule has 1 unspecified atom stereocenters. The molecule has 0 spiro atoms. The van der Waals surface area contributed by atoms with Crippen LogP contribution in [0.2, 0.25) is 0 Å². The van der Waals surface area contributed by atoms with E-state index < -0.39 is 0 Å². The Kier molecular flexibility index (Phi) is 4.88. The van der Waals surface area contributed by atoms with Crippen LogP contribution in [0, 0.1) is 5.92 Å². The molecule has 0 aliphatic rings. The van der Waals surface area contributed by atoms with Gasteiger partial charge < -0.3 is 0 Å². The van der Waals surface area contributed by atoms with E-state index in [0.29, 0.717) is 11.7 Å². The monoisotopic (exact) mass is 210 g/mol. The fourth-order valence-electron chi connectivity index (χ4n) is 1.65. The first-order valence-electron chi connectivity index (χ1n) is 5.25. The number of carbonyl (C=O) groups excluding carboxylic acids is 1. The molecule has 0 saturated carbocycles. The fraction of sp³-hybridized carbons (Fsp3) is 0.583. The van der Waals surface area contributed by atoms with E-state index >= 15 is 0 Å². The van der Waals surface area contributed by atoms with Crippen LogP contribution in [0.5, 0.6) is 0 Å². The summed E-state index contributed by atoms with van der Waals surface area (Å²) in [7, 11) is 0. The predicted octanol–water partition coefficient (Wildman–Crippen LogP) is 3.69. The Bertz CT molecular complexity index is 264. The van der Waals surface area contributed by atoms with Crippen LogP contribution in [0.15, 0.2) is 16.8 Å². The molecular weight excluding hydrogens is 192 g/mol. The molecule has 1 rings (SSSR count). The minimum atomic E-state index is 0.412. The van der Waals surface area contributed by atoms with E-state index in [4.69, 9.17) is 0 Å². The van der Waals surface area contributed by atoms with Gasteiger partial charge in [0.1, 0.15) is 5.78 Å². The van der Waals surface area contributed by atoms with Crippen molar-refractivity contribution in [1.82, 2.24) is 0 Å². The van der Waals surface area contributed by atoms with Crippen LogP contribution in [0.3, 0.4) is 0 Å². The molecule has 0 amide bonds. The van der Waals surface area contributed by atoms with E-state index in [2.05, 4.69) is 30.7 Å². The zero-order valence-corrected chi connectivity index (χ0v) is 9.77. The van der Waals surface area contributed by atoms with Crippen LogP contribution < -0.4 is 0 Å². The van der Waals surface area contributed by atoms with Gasteiger partial charge in [0.25, 0.3) is 0 Å². The van der Waals surface area contributed by atoms with Crippen LogP contribution in [0.25, 0.3) is 0 Å². The van der Waals surface area contributed by atoms with Gasteiger partial charge in [0, 0.05) is 12.8 Å². The Labute approximate surface area is 90.2 Å². The Morgan fingerprint density at radius 1 is 1.57 bits per heavy atom. The smallest absolute Gasteiger partial charge is 0.133 e. The summed E-state index contributed by atoms with van der Waals surface area (Å²) in [5.41, 5.74) is 1.37. The number of hydrogen-bond acceptors (Lipinski definition) is 2. The molecule has 2 heteroatoms. The van der Waals surface area contributed by atoms with Crippen LogP contribution >= 0.6 is 11.3 Å². The minimum absolute atomic E-state index is 0.412. The number of Topliss-reactive ketones (excluding diaryl/α,β-unsaturated/α-hetero) is 1. The molecule has 1 nitrogen and oxygen atoms in total. The van der Waals surface area contributed by atoms with E-state index in [9.17, 15) is 4.79 Å². The van der Waals surface area contributed by atoms with Crippen molar-refractivity contribution in [2.45, 2.75) is 39.5 Å². The number of ketones is 1. The highest BCUT2D eigenvalue weighted by atomic mass is 32.1. The molecule has 78 valence electrons. The van der Waals surface area contributed by atoms with E-state index in [1.54, 1.807) is 11.3 Å². The van der Waals surface area contributed by atoms with E-state index in [-0.39, 0.29) is 0 Å². The first-order valence-corrected chi connectivity index (χ1v) is 6.19. The lowest BCUT2D eigenvalue weighted by Crippen LogP contribution is -2.07. The van der Waals surface area contributed by atoms with Crippen molar-refractivity contribution in [3.8, 4) is 0 Å². The summed E-state index contributed by atoms with van der Waals surface area (Å²) >= 11 is 1.73. The highest BCUT2D eigenvalue weighted by molar-refractivity contribution is 7.07. The first-order chi connectivity index (χ1) is 6.72. The molecule has 0 bridgehead atoms. The maximum absolute atomic E-state index is 11.4. The Balaban J connectivity index is 2.29. The lowest BCUT2D eigenvalue weighted by atomic mass is 9.96. The normalized spacial score (nSPS) is 12.7. The molecule has 1 atom stereocenters. The molecule has 0 radical (unpaired) electrons. The molecule has 14 heavy (non-hydrogen) atoms. The Morgan fingerprint density at radius 2 is 2.36 bits per heavy atom. The summed E-state index contributed by atoms with van der Waals surface area (Å²) in [5, 5.41) is 4.26. The van der Waals surface area contributed by atoms with E-state index in [1.165, 1.54) is 5.56 Å². The molecule has 1 aromatic rings. The molecule has 0 aliphatic carbocycles. The zero-order chi connectivity index (χ0) is 10.4. The van der Waals surface area contributed by atoms with Crippen molar-refractivity contribution in [2.75, 3.05) is 0 Å². The minimum Gasteiger partial charge on any atom is -0.300 e. The summed E-state index contributed by atoms with van der Waals surface area (Å²) < 4.78 is 0. The quantitative estimate of drug-likeness (QED) is 0.700. The third kappa shape index (κ3) is 4.05. The maximum Gasteiger partial charge on any atom is 0.133 e. The summed E-state index contributed by atoms with van der Waals surface area (Å²) in [6, 6.07) is 2.14. The van der Waals surface area contributed by atoms with Crippen LogP contribution in [0.1, 0.15) is 38.7 Å². The topological polar surface area (TPSA) is 17.1 Å². The predicted molar refractivity (Wildman–Crippen MR) is 61.7 cm³/mol. The second kappa shape index (κ2) is 5.97. The zero-order valence-electron chi connectivity index (χ0n) is 8.95. The Morgan fingerprint density at radius 3 is 2.93 bits per heavy atom. The van der Waals surface area contributed by atoms with Gasteiger partial charge in [0.05, 0.1) is 0 Å². The van der Waals surface area contributed by atoms with E-state index in [0.717, 1.165) is 25.7 Å². The SMILES string of the molecule is CCCC(=O)CC(C)Cc1ccsc1. The van der Waals surface area contributed by atoms with Crippen molar-refractivity contribution in [1.29, 1.82) is 0 Å². The average Bonchev–Trinajstić information content (AvgIpc) is 2.56. The molecule has 0 fully saturated rings. The standard InChI is InChI=1S/C12H18OS/c1-3-4-12(13)8-10(2)7-11-5-6-14-9-11/h5-6,9-10H,3-4,7-8H2,1-2H3. The fourth-order valence-corrected chi connectivity index (χ4v) is 2.33. The van der Waals surface area contributed by atoms with Gasteiger partial charge in [-0.25, -0.2) is 0 Å². The maximum atomic E-state index is 11.4. The summed E-state index contributed by atoms with van der Waals surface area (Å²) in [6.07, 6.45) is 3.50. The number of thiophene rings is 1. The molecular formula is C12H18OS. The summed E-state index contributed by atoms with van der Waals surface area (Å²) in [6.45, 7) is 4.21. The van der Waals surface area contributed by atoms with Crippen molar-refractivity contribution in [2.24, 2.45) is 5.92 Å². The molecule has 0 aromatic carbocycles. The first kappa shape index (κ1) is 11.4. The second-order valence-corrected chi connectivity index (χ2v) is 4.71. The number of hydrogen-bond donors (Lipinski definition) is 0. The largest absolute Gasteiger partial charge is 0.300 e. The number of carbonyl (C=O) groups is 1. The lowest BCUT2D eigenvalue weighted by molar-refractivity contribution is -0.119. The highest BCUT2D eigenvalue weighted by Gasteiger charge is 2.09. The van der Waals surface area contributed by atoms with Crippen molar-refractivity contribution < 1.29 is 4.79 Å². The van der Waals surface area contributed by atoms with Crippen molar-refractivity contribution in [3.05, 3.63) is 22.4 Å². The van der Waals surface area contributed by atoms with Crippen molar-refractivity contribution in [3.63, 3.8) is 0 Å². The molecule has 1 aromatic heterocycles. The van der Waals surface area contributed by atoms with Crippen LogP contribution in [-0.4, -0.2) is 5.78 Å². The van der Waals surface area contributed by atoms with Gasteiger partial charge in [0.2, 0.25) is 0 Å². The van der Waals surface area contributed by atoms with Crippen LogP contribution in [0.4, 0.5) is 0 Å². The molecule has 0 saturated heterocycles. The van der Waals surface area contributed by atoms with Gasteiger partial charge in [-0.2, -0.15) is 11.3 Å². The molecule has 0 N–H and O–H groups in total. The average molecular weight is 210 g/mol. The van der Waals surface area contributed by atoms with Gasteiger partial charge in [-0.3, -0.25) is 4.79 Å². The summed E-state index contributed by atoms with van der Waals surface area (Å²) in [4.78, 5) is 11.4. The highest BCUT2D eigenvalue weighted by Crippen LogP contribution is 2.15. The third-order valence-corrected chi connectivity index (χ3v) is 3.00. The van der Waals surface area contributed by atoms with E-state index in [1.807, 2.05) is 0 Å². The number of rotatable bonds is 6. The van der Waals surface area contributed by atoms with Gasteiger partial charge in [-0.15, -0.1) is 0 Å². The second-order valence-electron chi connectivity index (χ2n) is 3.93. The third-order valence-electron chi connectivity index (χ3n) is 2.27. The van der Waals surface area contributed by atoms with Crippen molar-refractivity contribution >= 4 is 17.1 Å². The molecule has 1 heterocycles. The van der Waals surface area contributed by atoms with Gasteiger partial charge in [0.15, 0.2) is 0 Å². The molecule has 0 aliphatic heterocycles. The van der Waals surface area contributed by atoms with Gasteiger partial charge >= 0.3 is 0 Å². The Hall–Kier alpha value is -0.630. The van der Waals surface area contributed by atoms with Crippen LogP contribution in [-0.2, 0) is 11.2 Å².